The van der Waals surface area contributed by atoms with Crippen molar-refractivity contribution in [3.63, 3.8) is 0 Å². The second-order valence-electron chi connectivity index (χ2n) is 6.71. The van der Waals surface area contributed by atoms with Gasteiger partial charge in [0.05, 0.1) is 12.4 Å². The average Bonchev–Trinajstić information content (AvgIpc) is 3.19. The third kappa shape index (κ3) is 3.60. The molecule has 3 aromatic heterocycles. The zero-order chi connectivity index (χ0) is 17.9. The molecule has 136 valence electrons. The van der Waals surface area contributed by atoms with Crippen LogP contribution in [0.4, 0.5) is 0 Å². The van der Waals surface area contributed by atoms with Gasteiger partial charge in [0.25, 0.3) is 0 Å². The number of aromatic nitrogens is 6. The third-order valence-electron chi connectivity index (χ3n) is 4.76. The lowest BCUT2D eigenvalue weighted by Crippen LogP contribution is -2.34. The minimum Gasteiger partial charge on any atom is -0.484 e. The van der Waals surface area contributed by atoms with Crippen molar-refractivity contribution in [3.05, 3.63) is 54.1 Å². The molecular formula is C18H23N7O. The first-order valence-electron chi connectivity index (χ1n) is 8.84. The lowest BCUT2D eigenvalue weighted by atomic mass is 10.2. The smallest absolute Gasteiger partial charge is 0.171 e. The monoisotopic (exact) mass is 353 g/mol. The molecule has 0 aromatic carbocycles. The van der Waals surface area contributed by atoms with Gasteiger partial charge >= 0.3 is 0 Å². The maximum absolute atomic E-state index is 5.80. The Bertz CT molecular complexity index is 858. The molecule has 1 atom stereocenters. The summed E-state index contributed by atoms with van der Waals surface area (Å²) in [7, 11) is 1.95. The fourth-order valence-corrected chi connectivity index (χ4v) is 3.33. The van der Waals surface area contributed by atoms with E-state index in [0.717, 1.165) is 43.5 Å². The van der Waals surface area contributed by atoms with E-state index < -0.39 is 0 Å². The summed E-state index contributed by atoms with van der Waals surface area (Å²) in [5, 5.41) is 13.0. The van der Waals surface area contributed by atoms with Crippen LogP contribution in [0.3, 0.4) is 0 Å². The van der Waals surface area contributed by atoms with Gasteiger partial charge in [0.1, 0.15) is 18.2 Å². The van der Waals surface area contributed by atoms with Gasteiger partial charge in [-0.1, -0.05) is 0 Å². The van der Waals surface area contributed by atoms with Gasteiger partial charge in [-0.2, -0.15) is 5.10 Å². The van der Waals surface area contributed by atoms with E-state index in [9.17, 15) is 0 Å². The van der Waals surface area contributed by atoms with Crippen molar-refractivity contribution in [1.82, 2.24) is 34.4 Å². The molecule has 0 amide bonds. The van der Waals surface area contributed by atoms with Gasteiger partial charge in [0.2, 0.25) is 0 Å². The average molecular weight is 353 g/mol. The predicted octanol–water partition coefficient (Wildman–Crippen LogP) is 1.43. The van der Waals surface area contributed by atoms with E-state index >= 15 is 0 Å². The van der Waals surface area contributed by atoms with E-state index in [1.54, 1.807) is 12.4 Å². The molecule has 0 radical (unpaired) electrons. The van der Waals surface area contributed by atoms with Gasteiger partial charge in [0, 0.05) is 57.1 Å². The van der Waals surface area contributed by atoms with Gasteiger partial charge in [-0.05, 0) is 19.1 Å². The summed E-state index contributed by atoms with van der Waals surface area (Å²) in [6.07, 6.45) is 8.32. The van der Waals surface area contributed by atoms with Gasteiger partial charge in [-0.25, -0.2) is 0 Å². The third-order valence-corrected chi connectivity index (χ3v) is 4.76. The summed E-state index contributed by atoms with van der Waals surface area (Å²) in [5.41, 5.74) is 1.23. The van der Waals surface area contributed by atoms with Gasteiger partial charge in [0.15, 0.2) is 5.82 Å². The van der Waals surface area contributed by atoms with Gasteiger partial charge in [-0.3, -0.25) is 14.6 Å². The Labute approximate surface area is 152 Å². The largest absolute Gasteiger partial charge is 0.484 e. The van der Waals surface area contributed by atoms with Crippen LogP contribution in [0.1, 0.15) is 24.1 Å². The number of aryl methyl sites for hydroxylation is 1. The zero-order valence-electron chi connectivity index (χ0n) is 15.1. The van der Waals surface area contributed by atoms with Crippen LogP contribution < -0.4 is 4.74 Å². The lowest BCUT2D eigenvalue weighted by Gasteiger charge is -2.25. The Morgan fingerprint density at radius 1 is 1.23 bits per heavy atom. The molecule has 8 nitrogen and oxygen atoms in total. The molecule has 0 fully saturated rings. The fraction of sp³-hybridized carbons (Fsp3) is 0.444. The summed E-state index contributed by atoms with van der Waals surface area (Å²) in [6.45, 7) is 5.34. The Kier molecular flexibility index (Phi) is 4.66. The van der Waals surface area contributed by atoms with E-state index in [1.165, 1.54) is 5.56 Å². The summed E-state index contributed by atoms with van der Waals surface area (Å²) in [5.74, 6) is 2.63. The number of fused-ring (bicyclic) bond motifs is 1. The number of pyridine rings is 1. The Morgan fingerprint density at radius 2 is 2.15 bits per heavy atom. The topological polar surface area (TPSA) is 73.9 Å². The fourth-order valence-electron chi connectivity index (χ4n) is 3.33. The van der Waals surface area contributed by atoms with Crippen LogP contribution in [0.25, 0.3) is 0 Å². The highest BCUT2D eigenvalue weighted by Crippen LogP contribution is 2.18. The van der Waals surface area contributed by atoms with Crippen LogP contribution in [-0.4, -0.2) is 47.0 Å². The molecule has 1 aliphatic heterocycles. The number of hydrogen-bond acceptors (Lipinski definition) is 6. The molecule has 0 saturated carbocycles. The SMILES string of the molecule is C[C@@H]1Cc2nnc(COc3cccnc3)n2CCN1Cc1cnn(C)c1. The van der Waals surface area contributed by atoms with Crippen LogP contribution in [-0.2, 0) is 33.2 Å². The number of ether oxygens (including phenoxy) is 1. The van der Waals surface area contributed by atoms with Crippen molar-refractivity contribution in [2.75, 3.05) is 6.54 Å². The second kappa shape index (κ2) is 7.25. The highest BCUT2D eigenvalue weighted by molar-refractivity contribution is 5.15. The van der Waals surface area contributed by atoms with Gasteiger partial charge in [-0.15, -0.1) is 10.2 Å². The number of rotatable bonds is 5. The number of nitrogens with zero attached hydrogens (tertiary/aromatic N) is 7. The van der Waals surface area contributed by atoms with Crippen molar-refractivity contribution >= 4 is 0 Å². The Balaban J connectivity index is 1.44. The molecule has 0 unspecified atom stereocenters. The van der Waals surface area contributed by atoms with Crippen LogP contribution in [0.5, 0.6) is 5.75 Å². The molecule has 1 aliphatic rings. The molecule has 4 heterocycles. The molecule has 26 heavy (non-hydrogen) atoms. The highest BCUT2D eigenvalue weighted by Gasteiger charge is 2.24. The first-order chi connectivity index (χ1) is 12.7. The molecule has 0 N–H and O–H groups in total. The van der Waals surface area contributed by atoms with E-state index in [4.69, 9.17) is 4.74 Å². The zero-order valence-corrected chi connectivity index (χ0v) is 15.1. The Hall–Kier alpha value is -2.74. The molecule has 8 heteroatoms. The maximum atomic E-state index is 5.80. The quantitative estimate of drug-likeness (QED) is 0.691. The summed E-state index contributed by atoms with van der Waals surface area (Å²) >= 11 is 0. The summed E-state index contributed by atoms with van der Waals surface area (Å²) in [6, 6.07) is 4.15. The lowest BCUT2D eigenvalue weighted by molar-refractivity contribution is 0.201. The van der Waals surface area contributed by atoms with Gasteiger partial charge < -0.3 is 9.30 Å². The van der Waals surface area contributed by atoms with Crippen molar-refractivity contribution < 1.29 is 4.74 Å². The molecular weight excluding hydrogens is 330 g/mol. The van der Waals surface area contributed by atoms with E-state index in [1.807, 2.05) is 30.1 Å². The van der Waals surface area contributed by atoms with Crippen LogP contribution >= 0.6 is 0 Å². The highest BCUT2D eigenvalue weighted by atomic mass is 16.5. The van der Waals surface area contributed by atoms with Crippen molar-refractivity contribution in [3.8, 4) is 5.75 Å². The predicted molar refractivity (Wildman–Crippen MR) is 95.4 cm³/mol. The molecule has 0 saturated heterocycles. The second-order valence-corrected chi connectivity index (χ2v) is 6.71. The molecule has 0 aliphatic carbocycles. The molecule has 3 aromatic rings. The summed E-state index contributed by atoms with van der Waals surface area (Å²) in [4.78, 5) is 6.54. The minimum absolute atomic E-state index is 0.396. The summed E-state index contributed by atoms with van der Waals surface area (Å²) < 4.78 is 9.84. The standard InChI is InChI=1S/C18H23N7O/c1-14-8-17-21-22-18(13-26-16-4-3-5-19-10-16)25(17)7-6-24(14)12-15-9-20-23(2)11-15/h3-5,9-11,14H,6-8,12-13H2,1-2H3/t14-/m1/s1. The first-order valence-corrected chi connectivity index (χ1v) is 8.84. The molecule has 4 rings (SSSR count). The normalized spacial score (nSPS) is 17.7. The van der Waals surface area contributed by atoms with E-state index in [0.29, 0.717) is 12.6 Å². The van der Waals surface area contributed by atoms with Crippen molar-refractivity contribution in [2.45, 2.75) is 39.1 Å². The Morgan fingerprint density at radius 3 is 2.92 bits per heavy atom. The van der Waals surface area contributed by atoms with E-state index in [2.05, 4.69) is 42.9 Å². The first kappa shape index (κ1) is 16.7. The maximum Gasteiger partial charge on any atom is 0.171 e. The number of hydrogen-bond donors (Lipinski definition) is 0. The van der Waals surface area contributed by atoms with E-state index in [-0.39, 0.29) is 0 Å². The van der Waals surface area contributed by atoms with Crippen LogP contribution in [0.15, 0.2) is 36.9 Å². The molecule has 0 spiro atoms. The minimum atomic E-state index is 0.396. The van der Waals surface area contributed by atoms with Crippen molar-refractivity contribution in [2.24, 2.45) is 7.05 Å². The van der Waals surface area contributed by atoms with Crippen molar-refractivity contribution in [1.29, 1.82) is 0 Å². The molecule has 0 bridgehead atoms. The van der Waals surface area contributed by atoms with Crippen LogP contribution in [0, 0.1) is 0 Å². The van der Waals surface area contributed by atoms with Crippen LogP contribution in [0.2, 0.25) is 0 Å².